The predicted octanol–water partition coefficient (Wildman–Crippen LogP) is 4.34. The Hall–Kier alpha value is -2.07. The van der Waals surface area contributed by atoms with Crippen LogP contribution in [-0.2, 0) is 13.0 Å². The van der Waals surface area contributed by atoms with Crippen LogP contribution in [0.1, 0.15) is 19.9 Å². The zero-order valence-electron chi connectivity index (χ0n) is 11.6. The van der Waals surface area contributed by atoms with Crippen molar-refractivity contribution in [1.82, 2.24) is 14.5 Å². The van der Waals surface area contributed by atoms with Gasteiger partial charge in [-0.15, -0.1) is 0 Å². The third-order valence-electron chi connectivity index (χ3n) is 3.92. The summed E-state index contributed by atoms with van der Waals surface area (Å²) in [5, 5.41) is 1.43. The van der Waals surface area contributed by atoms with Crippen molar-refractivity contribution in [3.05, 3.63) is 41.4 Å². The Morgan fingerprint density at radius 2 is 2.23 bits per heavy atom. The summed E-state index contributed by atoms with van der Waals surface area (Å²) in [6, 6.07) is 6.13. The predicted molar refractivity (Wildman–Crippen MR) is 89.6 cm³/mol. The molecule has 1 aliphatic heterocycles. The standard InChI is InChI=1S/C16H14ClN3O.CH4/c1-2-10-8-18-16(17)19-14(10)12-9-20-6-7-21-13-5-3-4-11(12)15(13)20;/h3-5,8-9H,2,6-7H2,1H3;1H4. The SMILES string of the molecule is C.CCc1cnc(Cl)nc1-c1cn2c3c(cccc13)OCC2. The molecular weight excluding hydrogens is 298 g/mol. The zero-order chi connectivity index (χ0) is 14.4. The number of para-hydroxylation sites is 1. The molecule has 4 nitrogen and oxygen atoms in total. The topological polar surface area (TPSA) is 39.9 Å². The van der Waals surface area contributed by atoms with Gasteiger partial charge in [0.25, 0.3) is 0 Å². The lowest BCUT2D eigenvalue weighted by Gasteiger charge is -2.16. The minimum atomic E-state index is 0. The Kier molecular flexibility index (Phi) is 3.79. The Morgan fingerprint density at radius 3 is 3.05 bits per heavy atom. The highest BCUT2D eigenvalue weighted by Crippen LogP contribution is 2.37. The molecule has 0 saturated carbocycles. The third-order valence-corrected chi connectivity index (χ3v) is 4.10. The average Bonchev–Trinajstić information content (AvgIpc) is 2.89. The van der Waals surface area contributed by atoms with Crippen molar-refractivity contribution in [2.75, 3.05) is 6.61 Å². The molecule has 5 heteroatoms. The summed E-state index contributed by atoms with van der Waals surface area (Å²) in [6.07, 6.45) is 4.83. The molecule has 3 heterocycles. The van der Waals surface area contributed by atoms with Gasteiger partial charge in [-0.2, -0.15) is 0 Å². The smallest absolute Gasteiger partial charge is 0.222 e. The first-order valence-corrected chi connectivity index (χ1v) is 7.42. The maximum Gasteiger partial charge on any atom is 0.222 e. The van der Waals surface area contributed by atoms with Crippen LogP contribution in [-0.4, -0.2) is 21.1 Å². The first-order chi connectivity index (χ1) is 10.3. The van der Waals surface area contributed by atoms with Crippen molar-refractivity contribution in [1.29, 1.82) is 0 Å². The van der Waals surface area contributed by atoms with Gasteiger partial charge in [0.2, 0.25) is 5.28 Å². The van der Waals surface area contributed by atoms with Crippen molar-refractivity contribution in [3.8, 4) is 17.0 Å². The monoisotopic (exact) mass is 315 g/mol. The molecule has 0 saturated heterocycles. The molecule has 3 aromatic rings. The molecule has 0 N–H and O–H groups in total. The summed E-state index contributed by atoms with van der Waals surface area (Å²) < 4.78 is 7.98. The average molecular weight is 316 g/mol. The van der Waals surface area contributed by atoms with Crippen molar-refractivity contribution in [2.24, 2.45) is 0 Å². The van der Waals surface area contributed by atoms with E-state index in [1.165, 1.54) is 0 Å². The highest BCUT2D eigenvalue weighted by Gasteiger charge is 2.20. The van der Waals surface area contributed by atoms with Crippen LogP contribution in [0.2, 0.25) is 5.28 Å². The maximum absolute atomic E-state index is 6.01. The van der Waals surface area contributed by atoms with Crippen LogP contribution in [0.25, 0.3) is 22.2 Å². The molecular formula is C17H18ClN3O. The van der Waals surface area contributed by atoms with Gasteiger partial charge >= 0.3 is 0 Å². The van der Waals surface area contributed by atoms with Gasteiger partial charge in [0, 0.05) is 23.3 Å². The van der Waals surface area contributed by atoms with E-state index in [2.05, 4.69) is 33.7 Å². The second kappa shape index (κ2) is 5.61. The van der Waals surface area contributed by atoms with Gasteiger partial charge in [0.05, 0.1) is 17.8 Å². The third kappa shape index (κ3) is 2.15. The largest absolute Gasteiger partial charge is 0.490 e. The molecule has 1 aromatic carbocycles. The van der Waals surface area contributed by atoms with Gasteiger partial charge in [0.1, 0.15) is 12.4 Å². The van der Waals surface area contributed by atoms with E-state index in [4.69, 9.17) is 16.3 Å². The van der Waals surface area contributed by atoms with Crippen LogP contribution in [0, 0.1) is 0 Å². The van der Waals surface area contributed by atoms with E-state index in [0.717, 1.165) is 46.4 Å². The van der Waals surface area contributed by atoms with E-state index >= 15 is 0 Å². The number of aromatic nitrogens is 3. The van der Waals surface area contributed by atoms with Crippen molar-refractivity contribution < 1.29 is 4.74 Å². The van der Waals surface area contributed by atoms with E-state index in [1.54, 1.807) is 0 Å². The number of halogens is 1. The molecule has 114 valence electrons. The van der Waals surface area contributed by atoms with E-state index < -0.39 is 0 Å². The second-order valence-electron chi connectivity index (χ2n) is 5.10. The molecule has 4 rings (SSSR count). The van der Waals surface area contributed by atoms with E-state index in [0.29, 0.717) is 6.61 Å². The number of benzene rings is 1. The molecule has 0 aliphatic carbocycles. The van der Waals surface area contributed by atoms with Crippen LogP contribution in [0.3, 0.4) is 0 Å². The quantitative estimate of drug-likeness (QED) is 0.660. The molecule has 22 heavy (non-hydrogen) atoms. The number of hydrogen-bond acceptors (Lipinski definition) is 3. The summed E-state index contributed by atoms with van der Waals surface area (Å²) in [5.41, 5.74) is 4.25. The fraction of sp³-hybridized carbons (Fsp3) is 0.294. The molecule has 0 atom stereocenters. The van der Waals surface area contributed by atoms with Crippen molar-refractivity contribution >= 4 is 22.5 Å². The molecule has 0 bridgehead atoms. The Balaban J connectivity index is 0.00000144. The van der Waals surface area contributed by atoms with Crippen LogP contribution in [0.15, 0.2) is 30.6 Å². The number of ether oxygens (including phenoxy) is 1. The minimum absolute atomic E-state index is 0. The van der Waals surface area contributed by atoms with Crippen LogP contribution < -0.4 is 4.74 Å². The number of rotatable bonds is 2. The maximum atomic E-state index is 6.01. The summed E-state index contributed by atoms with van der Waals surface area (Å²) >= 11 is 6.01. The van der Waals surface area contributed by atoms with Gasteiger partial charge < -0.3 is 9.30 Å². The number of hydrogen-bond donors (Lipinski definition) is 0. The first-order valence-electron chi connectivity index (χ1n) is 7.04. The van der Waals surface area contributed by atoms with Gasteiger partial charge in [-0.1, -0.05) is 26.5 Å². The Labute approximate surface area is 134 Å². The minimum Gasteiger partial charge on any atom is -0.490 e. The van der Waals surface area contributed by atoms with Gasteiger partial charge in [-0.05, 0) is 29.7 Å². The fourth-order valence-corrected chi connectivity index (χ4v) is 3.07. The molecule has 0 unspecified atom stereocenters. The Bertz CT molecular complexity index is 841. The lowest BCUT2D eigenvalue weighted by Crippen LogP contribution is -2.12. The highest BCUT2D eigenvalue weighted by atomic mass is 35.5. The molecule has 0 fully saturated rings. The van der Waals surface area contributed by atoms with Gasteiger partial charge in [-0.25, -0.2) is 9.97 Å². The summed E-state index contributed by atoms with van der Waals surface area (Å²) in [4.78, 5) is 8.56. The first kappa shape index (κ1) is 14.9. The lowest BCUT2D eigenvalue weighted by molar-refractivity contribution is 0.287. The summed E-state index contributed by atoms with van der Waals surface area (Å²) in [6.45, 7) is 3.65. The van der Waals surface area contributed by atoms with E-state index in [9.17, 15) is 0 Å². The van der Waals surface area contributed by atoms with E-state index in [-0.39, 0.29) is 12.7 Å². The van der Waals surface area contributed by atoms with Gasteiger partial charge in [-0.3, -0.25) is 0 Å². The fourth-order valence-electron chi connectivity index (χ4n) is 2.94. The van der Waals surface area contributed by atoms with Crippen molar-refractivity contribution in [3.63, 3.8) is 0 Å². The number of aryl methyl sites for hydroxylation is 1. The molecule has 2 aromatic heterocycles. The molecule has 0 spiro atoms. The lowest BCUT2D eigenvalue weighted by atomic mass is 10.0. The zero-order valence-corrected chi connectivity index (χ0v) is 12.4. The molecule has 0 radical (unpaired) electrons. The second-order valence-corrected chi connectivity index (χ2v) is 5.44. The number of nitrogens with zero attached hydrogens (tertiary/aromatic N) is 3. The van der Waals surface area contributed by atoms with Crippen molar-refractivity contribution in [2.45, 2.75) is 27.3 Å². The highest BCUT2D eigenvalue weighted by molar-refractivity contribution is 6.28. The normalized spacial score (nSPS) is 12.8. The summed E-state index contributed by atoms with van der Waals surface area (Å²) in [5.74, 6) is 0.934. The van der Waals surface area contributed by atoms with E-state index in [1.807, 2.05) is 18.3 Å². The van der Waals surface area contributed by atoms with Crippen LogP contribution >= 0.6 is 11.6 Å². The molecule has 0 amide bonds. The van der Waals surface area contributed by atoms with Gasteiger partial charge in [0.15, 0.2) is 0 Å². The summed E-state index contributed by atoms with van der Waals surface area (Å²) in [7, 11) is 0. The van der Waals surface area contributed by atoms with Crippen LogP contribution in [0.5, 0.6) is 5.75 Å². The van der Waals surface area contributed by atoms with Crippen LogP contribution in [0.4, 0.5) is 0 Å². The molecule has 1 aliphatic rings. The Morgan fingerprint density at radius 1 is 1.36 bits per heavy atom.